The van der Waals surface area contributed by atoms with E-state index in [0.29, 0.717) is 19.6 Å². The lowest BCUT2D eigenvalue weighted by Gasteiger charge is -2.03. The summed E-state index contributed by atoms with van der Waals surface area (Å²) in [7, 11) is -17.3. The van der Waals surface area contributed by atoms with Crippen molar-refractivity contribution in [2.45, 2.75) is 126 Å². The van der Waals surface area contributed by atoms with E-state index in [2.05, 4.69) is 36.8 Å². The van der Waals surface area contributed by atoms with E-state index < -0.39 is 59.0 Å². The Kier molecular flexibility index (Phi) is 110. The number of thioether (sulfide) groups is 6. The third kappa shape index (κ3) is 99.8. The Morgan fingerprint density at radius 3 is 0.397 bits per heavy atom. The molecule has 0 unspecified atom stereocenters. The lowest BCUT2D eigenvalue weighted by atomic mass is 10.0. The molecule has 16 nitrogen and oxygen atoms in total. The number of para-hydroxylation sites is 4. The normalized spacial score (nSPS) is 9.23. The van der Waals surface area contributed by atoms with Gasteiger partial charge in [0.15, 0.2) is 31.2 Å². The Labute approximate surface area is 911 Å². The van der Waals surface area contributed by atoms with Gasteiger partial charge in [0.1, 0.15) is 52.5 Å². The third-order valence-electron chi connectivity index (χ3n) is 14.0. The zero-order chi connectivity index (χ0) is 113. The summed E-state index contributed by atoms with van der Waals surface area (Å²) in [5.74, 6) is 3.63. The summed E-state index contributed by atoms with van der Waals surface area (Å²) < 4.78 is 136. The molecule has 0 spiro atoms. The van der Waals surface area contributed by atoms with Crippen LogP contribution in [0, 0.1) is 0 Å². The molecule has 0 heterocycles. The second kappa shape index (κ2) is 105. The van der Waals surface area contributed by atoms with E-state index in [1.165, 1.54) is 22.3 Å². The fraction of sp³-hybridized carbons (Fsp3) is 0.271. The minimum atomic E-state index is -3.34. The quantitative estimate of drug-likeness (QED) is 0.0724. The van der Waals surface area contributed by atoms with Crippen LogP contribution in [0.5, 0.6) is 23.0 Å². The second-order valence-electron chi connectivity index (χ2n) is 27.0. The highest BCUT2D eigenvalue weighted by molar-refractivity contribution is 7.99. The van der Waals surface area contributed by atoms with Gasteiger partial charge in [-0.2, -0.15) is 47.0 Å². The van der Waals surface area contributed by atoms with Gasteiger partial charge in [0, 0.05) is 82.1 Å². The molecular formula is C118H166O16S12. The molecule has 0 aromatic heterocycles. The maximum Gasteiger partial charge on any atom is 0.206 e. The predicted molar refractivity (Wildman–Crippen MR) is 652 cm³/mol. The molecule has 0 amide bonds. The Hall–Kier alpha value is -10.2. The van der Waals surface area contributed by atoms with Crippen LogP contribution in [0.4, 0.5) is 0 Å². The van der Waals surface area contributed by atoms with Crippen LogP contribution in [0.3, 0.4) is 0 Å². The first kappa shape index (κ1) is 153. The van der Waals surface area contributed by atoms with Crippen molar-refractivity contribution in [2.75, 3.05) is 113 Å². The first-order chi connectivity index (χ1) is 69.6. The van der Waals surface area contributed by atoms with Crippen LogP contribution in [-0.2, 0) is 59.0 Å². The van der Waals surface area contributed by atoms with Gasteiger partial charge in [0.05, 0.1) is 19.6 Å². The summed E-state index contributed by atoms with van der Waals surface area (Å²) >= 11 is 10.5. The average Bonchev–Trinajstić information content (AvgIpc) is 0.811. The van der Waals surface area contributed by atoms with Gasteiger partial charge in [-0.15, -0.1) is 23.5 Å². The molecule has 0 N–H and O–H groups in total. The lowest BCUT2D eigenvalue weighted by molar-refractivity contribution is 0.103. The summed E-state index contributed by atoms with van der Waals surface area (Å²) in [5.41, 5.74) is 2.94. The topological polar surface area (TPSA) is 257 Å². The fourth-order valence-electron chi connectivity index (χ4n) is 8.70. The van der Waals surface area contributed by atoms with Crippen LogP contribution in [-0.4, -0.2) is 175 Å². The smallest absolute Gasteiger partial charge is 0.206 e. The SMILES string of the molecule is CC.CC.CC.CC.CC.CC.CC.CS(=O)(=O)c1ccccc1.CS(=O)(=O)c1ccccc1.CS(C)(=O)=O.CS(C)(=O)=O.CS(C)(=O)=O.CSC.CSC.CSC.CSC.CSc1ccccc1.CSc1ccccc1.O=C(c1ccccc1)c1ccccc1.O=C(c1ccccc1)c1ccccc1.O=S(=O)(c1ccccc1)c1ccccc1.c1ccc(Oc2ccccc2)cc1.c1ccc(Oc2ccccc2)cc1. The van der Waals surface area contributed by atoms with Crippen LogP contribution < -0.4 is 9.47 Å². The van der Waals surface area contributed by atoms with Gasteiger partial charge in [-0.1, -0.05) is 400 Å². The monoisotopic (exact) mass is 2220 g/mol. The minimum absolute atomic E-state index is 0.0752. The molecule has 0 atom stereocenters. The molecule has 0 aliphatic heterocycles. The molecule has 14 aromatic carbocycles. The number of ketones is 2. The molecule has 14 aromatic rings. The number of benzene rings is 14. The highest BCUT2D eigenvalue weighted by Crippen LogP contribution is 2.23. The number of ether oxygens (including phenoxy) is 2. The molecule has 146 heavy (non-hydrogen) atoms. The Bertz CT molecular complexity index is 5350. The van der Waals surface area contributed by atoms with Crippen LogP contribution >= 0.6 is 70.6 Å². The number of carbonyl (C=O) groups excluding carboxylic acids is 2. The van der Waals surface area contributed by atoms with Crippen molar-refractivity contribution in [3.63, 3.8) is 0 Å². The first-order valence-electron chi connectivity index (χ1n) is 46.5. The largest absolute Gasteiger partial charge is 0.457 e. The molecule has 28 heteroatoms. The average molecular weight is 2230 g/mol. The highest BCUT2D eigenvalue weighted by Gasteiger charge is 2.16. The Morgan fingerprint density at radius 1 is 0.178 bits per heavy atom. The van der Waals surface area contributed by atoms with Gasteiger partial charge in [0.2, 0.25) is 9.84 Å². The first-order valence-corrected chi connectivity index (χ1v) is 67.7. The van der Waals surface area contributed by atoms with Crippen LogP contribution in [0.15, 0.2) is 454 Å². The molecule has 0 aliphatic carbocycles. The number of hydrogen-bond acceptors (Lipinski definition) is 22. The summed E-state index contributed by atoms with van der Waals surface area (Å²) in [6, 6.07) is 130. The van der Waals surface area contributed by atoms with Crippen molar-refractivity contribution in [2.24, 2.45) is 0 Å². The number of hydrogen-bond donors (Lipinski definition) is 0. The van der Waals surface area contributed by atoms with Gasteiger partial charge < -0.3 is 9.47 Å². The van der Waals surface area contributed by atoms with Crippen LogP contribution in [0.25, 0.3) is 0 Å². The van der Waals surface area contributed by atoms with Crippen molar-refractivity contribution >= 4 is 141 Å². The van der Waals surface area contributed by atoms with Crippen molar-refractivity contribution in [3.8, 4) is 23.0 Å². The molecule has 0 radical (unpaired) electrons. The lowest BCUT2D eigenvalue weighted by Crippen LogP contribution is -2.00. The maximum absolute atomic E-state index is 12.0. The van der Waals surface area contributed by atoms with E-state index >= 15 is 0 Å². The highest BCUT2D eigenvalue weighted by atomic mass is 32.2. The molecule has 0 fully saturated rings. The molecule has 14 rings (SSSR count). The van der Waals surface area contributed by atoms with Crippen molar-refractivity contribution in [1.82, 2.24) is 0 Å². The van der Waals surface area contributed by atoms with Gasteiger partial charge in [-0.05, 0) is 184 Å². The van der Waals surface area contributed by atoms with Crippen LogP contribution in [0.1, 0.15) is 129 Å². The molecule has 0 saturated heterocycles. The predicted octanol–water partition coefficient (Wildman–Crippen LogP) is 32.4. The van der Waals surface area contributed by atoms with Crippen LogP contribution in [0.2, 0.25) is 0 Å². The maximum atomic E-state index is 12.0. The summed E-state index contributed by atoms with van der Waals surface area (Å²) in [6.45, 7) is 28.0. The van der Waals surface area contributed by atoms with Gasteiger partial charge in [-0.3, -0.25) is 9.59 Å². The fourth-order valence-corrected chi connectivity index (χ4v) is 12.2. The summed E-state index contributed by atoms with van der Waals surface area (Å²) in [6.07, 6.45) is 29.8. The van der Waals surface area contributed by atoms with Crippen molar-refractivity contribution < 1.29 is 69.6 Å². The van der Waals surface area contributed by atoms with E-state index in [-0.39, 0.29) is 11.6 Å². The van der Waals surface area contributed by atoms with Gasteiger partial charge >= 0.3 is 0 Å². The zero-order valence-corrected chi connectivity index (χ0v) is 102. The second-order valence-corrected chi connectivity index (χ2v) is 44.8. The van der Waals surface area contributed by atoms with Gasteiger partial charge in [-0.25, -0.2) is 50.5 Å². The van der Waals surface area contributed by atoms with E-state index in [1.807, 2.05) is 426 Å². The van der Waals surface area contributed by atoms with E-state index in [4.69, 9.17) is 9.47 Å². The van der Waals surface area contributed by atoms with E-state index in [1.54, 1.807) is 192 Å². The zero-order valence-electron chi connectivity index (χ0n) is 91.8. The minimum Gasteiger partial charge on any atom is -0.457 e. The van der Waals surface area contributed by atoms with E-state index in [0.717, 1.165) is 82.8 Å². The third-order valence-corrected chi connectivity index (χ3v) is 19.5. The Balaban J connectivity index is -0.000000198. The van der Waals surface area contributed by atoms with E-state index in [9.17, 15) is 60.1 Å². The standard InChI is InChI=1S/2C13H10O.C12H10O2S.2C12H10O.2C7H8O2S.2C7H8S.3C2H6O2S.4C2H6S.7C2H6/c2*14-13(11-7-3-1-4-8-11)12-9-5-2-6-10-12;13-15(14,11-7-3-1-4-8-11)12-9-5-2-6-10-12;2*1-3-7-11(8-4-1)13-12-9-5-2-6-10-12;2*1-10(8,9)7-5-3-2-4-6-7;2*1-8-7-5-3-2-4-6-7;3*1-5(2,3)4;4*1-3-2;7*1-2/h2*1-10H;1-10H;2*1-10H;2*2-6H,1H3;2*2-6H,1H3;3*1-2H3;4*1-2H3;7*1-2H3. The molecule has 806 valence electrons. The Morgan fingerprint density at radius 2 is 0.288 bits per heavy atom. The summed E-state index contributed by atoms with van der Waals surface area (Å²) in [5, 5.41) is 0. The molecular weight excluding hydrogens is 2060 g/mol. The molecule has 0 bridgehead atoms. The number of sulfone groups is 6. The summed E-state index contributed by atoms with van der Waals surface area (Å²) in [4.78, 5) is 27.7. The molecule has 0 saturated carbocycles. The molecule has 0 aliphatic rings. The number of rotatable bonds is 14. The van der Waals surface area contributed by atoms with Gasteiger partial charge in [0.25, 0.3) is 0 Å². The number of carbonyl (C=O) groups is 2. The van der Waals surface area contributed by atoms with Crippen molar-refractivity contribution in [1.29, 1.82) is 0 Å². The van der Waals surface area contributed by atoms with Crippen molar-refractivity contribution in [3.05, 3.63) is 447 Å².